The van der Waals surface area contributed by atoms with Crippen LogP contribution in [0, 0.1) is 0 Å². The van der Waals surface area contributed by atoms with Crippen LogP contribution in [-0.4, -0.2) is 43.8 Å². The zero-order chi connectivity index (χ0) is 19.2. The fraction of sp³-hybridized carbons (Fsp3) is 0.286. The maximum atomic E-state index is 12.6. The second kappa shape index (κ2) is 8.56. The summed E-state index contributed by atoms with van der Waals surface area (Å²) >= 11 is 0. The van der Waals surface area contributed by atoms with Crippen molar-refractivity contribution in [3.8, 4) is 0 Å². The third-order valence-corrected chi connectivity index (χ3v) is 4.90. The molecule has 1 fully saturated rings. The van der Waals surface area contributed by atoms with E-state index in [9.17, 15) is 4.79 Å². The van der Waals surface area contributed by atoms with Gasteiger partial charge in [0, 0.05) is 44.0 Å². The van der Waals surface area contributed by atoms with E-state index in [1.807, 2.05) is 29.2 Å². The van der Waals surface area contributed by atoms with Crippen LogP contribution in [0.1, 0.15) is 30.0 Å². The van der Waals surface area contributed by atoms with Crippen molar-refractivity contribution in [3.63, 3.8) is 0 Å². The summed E-state index contributed by atoms with van der Waals surface area (Å²) in [5.41, 5.74) is 2.13. The fourth-order valence-corrected chi connectivity index (χ4v) is 3.41. The number of hydrogen-bond donors (Lipinski definition) is 1. The average molecular weight is 374 g/mol. The third kappa shape index (κ3) is 4.49. The van der Waals surface area contributed by atoms with Gasteiger partial charge in [-0.1, -0.05) is 30.3 Å². The SMILES string of the molecule is O=C(CCc1ccccc1)N1CC[C@@H](c2ccnc(Nc3ncccn3)n2)C1. The van der Waals surface area contributed by atoms with Gasteiger partial charge in [-0.25, -0.2) is 19.9 Å². The predicted octanol–water partition coefficient (Wildman–Crippen LogP) is 2.96. The number of aromatic nitrogens is 4. The van der Waals surface area contributed by atoms with Gasteiger partial charge in [-0.05, 0) is 30.5 Å². The molecule has 3 heterocycles. The van der Waals surface area contributed by atoms with E-state index in [0.29, 0.717) is 24.9 Å². The maximum absolute atomic E-state index is 12.6. The number of benzene rings is 1. The highest BCUT2D eigenvalue weighted by Crippen LogP contribution is 2.27. The van der Waals surface area contributed by atoms with Crippen molar-refractivity contribution in [1.82, 2.24) is 24.8 Å². The zero-order valence-electron chi connectivity index (χ0n) is 15.5. The Morgan fingerprint density at radius 3 is 2.61 bits per heavy atom. The molecule has 7 heteroatoms. The molecule has 1 saturated heterocycles. The van der Waals surface area contributed by atoms with E-state index in [1.54, 1.807) is 24.7 Å². The highest BCUT2D eigenvalue weighted by atomic mass is 16.2. The van der Waals surface area contributed by atoms with Gasteiger partial charge in [0.25, 0.3) is 0 Å². The van der Waals surface area contributed by atoms with Gasteiger partial charge in [-0.3, -0.25) is 10.1 Å². The lowest BCUT2D eigenvalue weighted by molar-refractivity contribution is -0.130. The molecule has 1 aromatic carbocycles. The molecule has 1 amide bonds. The lowest BCUT2D eigenvalue weighted by Crippen LogP contribution is -2.28. The number of anilines is 2. The number of aryl methyl sites for hydroxylation is 1. The molecule has 1 aliphatic heterocycles. The van der Waals surface area contributed by atoms with Crippen LogP contribution in [0.4, 0.5) is 11.9 Å². The van der Waals surface area contributed by atoms with Gasteiger partial charge < -0.3 is 4.90 Å². The minimum Gasteiger partial charge on any atom is -0.342 e. The van der Waals surface area contributed by atoms with Gasteiger partial charge in [0.15, 0.2) is 0 Å². The van der Waals surface area contributed by atoms with Crippen molar-refractivity contribution in [3.05, 3.63) is 72.3 Å². The first kappa shape index (κ1) is 18.0. The highest BCUT2D eigenvalue weighted by Gasteiger charge is 2.28. The van der Waals surface area contributed by atoms with E-state index >= 15 is 0 Å². The molecule has 7 nitrogen and oxygen atoms in total. The standard InChI is InChI=1S/C21H22N6O/c28-19(8-7-16-5-2-1-3-6-16)27-14-10-17(15-27)18-9-13-24-21(25-18)26-20-22-11-4-12-23-20/h1-6,9,11-13,17H,7-8,10,14-15H2,(H,22,23,24,25,26)/t17-/m1/s1. The Morgan fingerprint density at radius 2 is 1.79 bits per heavy atom. The summed E-state index contributed by atoms with van der Waals surface area (Å²) in [5.74, 6) is 1.36. The Kier molecular flexibility index (Phi) is 5.51. The van der Waals surface area contributed by atoms with Crippen LogP contribution >= 0.6 is 0 Å². The van der Waals surface area contributed by atoms with Crippen LogP contribution in [0.3, 0.4) is 0 Å². The molecular weight excluding hydrogens is 352 g/mol. The molecule has 1 aliphatic rings. The number of carbonyl (C=O) groups is 1. The number of likely N-dealkylation sites (tertiary alicyclic amines) is 1. The number of nitrogens with one attached hydrogen (secondary N) is 1. The van der Waals surface area contributed by atoms with Crippen LogP contribution in [-0.2, 0) is 11.2 Å². The summed E-state index contributed by atoms with van der Waals surface area (Å²) < 4.78 is 0. The molecule has 0 bridgehead atoms. The molecule has 0 saturated carbocycles. The largest absolute Gasteiger partial charge is 0.342 e. The molecule has 4 rings (SSSR count). The predicted molar refractivity (Wildman–Crippen MR) is 106 cm³/mol. The zero-order valence-corrected chi connectivity index (χ0v) is 15.5. The lowest BCUT2D eigenvalue weighted by atomic mass is 10.1. The Labute approximate surface area is 163 Å². The summed E-state index contributed by atoms with van der Waals surface area (Å²) in [5, 5.41) is 3.02. The summed E-state index contributed by atoms with van der Waals surface area (Å²) in [6.07, 6.45) is 7.28. The number of nitrogens with zero attached hydrogens (tertiary/aromatic N) is 5. The first-order valence-corrected chi connectivity index (χ1v) is 9.46. The monoisotopic (exact) mass is 374 g/mol. The average Bonchev–Trinajstić information content (AvgIpc) is 3.24. The van der Waals surface area contributed by atoms with Crippen molar-refractivity contribution in [2.75, 3.05) is 18.4 Å². The molecule has 28 heavy (non-hydrogen) atoms. The van der Waals surface area contributed by atoms with E-state index in [1.165, 1.54) is 5.56 Å². The van der Waals surface area contributed by atoms with Crippen molar-refractivity contribution in [2.24, 2.45) is 0 Å². The first-order valence-electron chi connectivity index (χ1n) is 9.46. The second-order valence-electron chi connectivity index (χ2n) is 6.81. The lowest BCUT2D eigenvalue weighted by Gasteiger charge is -2.16. The van der Waals surface area contributed by atoms with E-state index in [4.69, 9.17) is 0 Å². The molecule has 0 radical (unpaired) electrons. The number of carbonyl (C=O) groups excluding carboxylic acids is 1. The van der Waals surface area contributed by atoms with Gasteiger partial charge in [-0.2, -0.15) is 0 Å². The topological polar surface area (TPSA) is 83.9 Å². The molecule has 3 aromatic rings. The molecule has 142 valence electrons. The summed E-state index contributed by atoms with van der Waals surface area (Å²) in [6.45, 7) is 1.47. The van der Waals surface area contributed by atoms with Crippen molar-refractivity contribution >= 4 is 17.8 Å². The van der Waals surface area contributed by atoms with Crippen LogP contribution in [0.15, 0.2) is 61.1 Å². The van der Waals surface area contributed by atoms with Gasteiger partial charge in [0.2, 0.25) is 17.8 Å². The highest BCUT2D eigenvalue weighted by molar-refractivity contribution is 5.76. The van der Waals surface area contributed by atoms with Crippen molar-refractivity contribution in [1.29, 1.82) is 0 Å². The van der Waals surface area contributed by atoms with Crippen LogP contribution < -0.4 is 5.32 Å². The summed E-state index contributed by atoms with van der Waals surface area (Å²) in [7, 11) is 0. The van der Waals surface area contributed by atoms with Crippen molar-refractivity contribution in [2.45, 2.75) is 25.2 Å². The molecule has 0 unspecified atom stereocenters. The third-order valence-electron chi connectivity index (χ3n) is 4.90. The van der Waals surface area contributed by atoms with Gasteiger partial charge in [0.05, 0.1) is 5.69 Å². The first-order chi connectivity index (χ1) is 13.8. The molecule has 1 atom stereocenters. The Balaban J connectivity index is 1.34. The van der Waals surface area contributed by atoms with Crippen molar-refractivity contribution < 1.29 is 4.79 Å². The van der Waals surface area contributed by atoms with Crippen LogP contribution in [0.5, 0.6) is 0 Å². The molecule has 1 N–H and O–H groups in total. The Morgan fingerprint density at radius 1 is 1.00 bits per heavy atom. The van der Waals surface area contributed by atoms with E-state index < -0.39 is 0 Å². The maximum Gasteiger partial charge on any atom is 0.229 e. The summed E-state index contributed by atoms with van der Waals surface area (Å²) in [6, 6.07) is 13.8. The van der Waals surface area contributed by atoms with Gasteiger partial charge in [0.1, 0.15) is 0 Å². The van der Waals surface area contributed by atoms with Crippen LogP contribution in [0.2, 0.25) is 0 Å². The minimum absolute atomic E-state index is 0.205. The molecule has 0 spiro atoms. The van der Waals surface area contributed by atoms with E-state index in [-0.39, 0.29) is 11.8 Å². The molecular formula is C21H22N6O. The number of rotatable bonds is 6. The Bertz CT molecular complexity index is 918. The smallest absolute Gasteiger partial charge is 0.229 e. The normalized spacial score (nSPS) is 16.1. The fourth-order valence-electron chi connectivity index (χ4n) is 3.41. The molecule has 0 aliphatic carbocycles. The molecule has 2 aromatic heterocycles. The van der Waals surface area contributed by atoms with E-state index in [0.717, 1.165) is 25.1 Å². The Hall–Kier alpha value is -3.35. The number of hydrogen-bond acceptors (Lipinski definition) is 6. The van der Waals surface area contributed by atoms with E-state index in [2.05, 4.69) is 37.4 Å². The van der Waals surface area contributed by atoms with Gasteiger partial charge in [-0.15, -0.1) is 0 Å². The second-order valence-corrected chi connectivity index (χ2v) is 6.81. The minimum atomic E-state index is 0.205. The van der Waals surface area contributed by atoms with Crippen LogP contribution in [0.25, 0.3) is 0 Å². The van der Waals surface area contributed by atoms with Gasteiger partial charge >= 0.3 is 0 Å². The quantitative estimate of drug-likeness (QED) is 0.714. The number of amides is 1. The summed E-state index contributed by atoms with van der Waals surface area (Å²) in [4.78, 5) is 31.6.